The van der Waals surface area contributed by atoms with Crippen LogP contribution in [0.25, 0.3) is 0 Å². The number of benzene rings is 1. The van der Waals surface area contributed by atoms with E-state index in [1.165, 1.54) is 12.8 Å². The van der Waals surface area contributed by atoms with E-state index in [0.717, 1.165) is 29.4 Å². The summed E-state index contributed by atoms with van der Waals surface area (Å²) in [5.74, 6) is 7.98. The highest BCUT2D eigenvalue weighted by atomic mass is 35.5. The van der Waals surface area contributed by atoms with E-state index in [1.807, 2.05) is 25.1 Å². The summed E-state index contributed by atoms with van der Waals surface area (Å²) in [4.78, 5) is 0. The fourth-order valence-electron chi connectivity index (χ4n) is 1.52. The molecule has 0 N–H and O–H groups in total. The third-order valence-corrected chi connectivity index (χ3v) is 2.78. The minimum atomic E-state index is 0.374. The van der Waals surface area contributed by atoms with Crippen molar-refractivity contribution >= 4 is 11.6 Å². The van der Waals surface area contributed by atoms with Gasteiger partial charge in [0.25, 0.3) is 0 Å². The second-order valence-corrected chi connectivity index (χ2v) is 4.44. The quantitative estimate of drug-likeness (QED) is 0.576. The molecule has 2 heteroatoms. The highest BCUT2D eigenvalue weighted by molar-refractivity contribution is 6.19. The molecule has 2 rings (SSSR count). The van der Waals surface area contributed by atoms with E-state index in [-0.39, 0.29) is 0 Å². The van der Waals surface area contributed by atoms with Gasteiger partial charge in [-0.05, 0) is 49.4 Å². The number of ether oxygens (including phenoxy) is 1. The first-order valence-corrected chi connectivity index (χ1v) is 6.11. The van der Waals surface area contributed by atoms with Crippen molar-refractivity contribution in [1.82, 2.24) is 0 Å². The Morgan fingerprint density at radius 2 is 2.25 bits per heavy atom. The summed E-state index contributed by atoms with van der Waals surface area (Å²) in [6, 6.07) is 6.02. The highest BCUT2D eigenvalue weighted by Gasteiger charge is 2.22. The maximum Gasteiger partial charge on any atom is 0.122 e. The van der Waals surface area contributed by atoms with E-state index in [9.17, 15) is 0 Å². The Morgan fingerprint density at radius 1 is 1.44 bits per heavy atom. The summed E-state index contributed by atoms with van der Waals surface area (Å²) < 4.78 is 5.75. The molecular weight excluding hydrogens is 220 g/mol. The van der Waals surface area contributed by atoms with Gasteiger partial charge in [-0.2, -0.15) is 0 Å². The Bertz CT molecular complexity index is 424. The van der Waals surface area contributed by atoms with Crippen molar-refractivity contribution in [2.45, 2.75) is 19.8 Å². The van der Waals surface area contributed by atoms with Gasteiger partial charge in [-0.3, -0.25) is 0 Å². The molecule has 1 aromatic rings. The van der Waals surface area contributed by atoms with Crippen LogP contribution in [-0.2, 0) is 0 Å². The molecule has 84 valence electrons. The van der Waals surface area contributed by atoms with Crippen LogP contribution >= 0.6 is 11.6 Å². The zero-order valence-corrected chi connectivity index (χ0v) is 10.2. The standard InChI is InChI=1S/C14H15ClO/c1-11-9-12(3-2-8-15)6-7-14(11)16-10-13-4-5-13/h6-7,9,13H,4-5,8,10H2,1H3. The number of aryl methyl sites for hydroxylation is 1. The van der Waals surface area contributed by atoms with Gasteiger partial charge in [0.1, 0.15) is 5.75 Å². The Balaban J connectivity index is 2.02. The smallest absolute Gasteiger partial charge is 0.122 e. The van der Waals surface area contributed by atoms with E-state index < -0.39 is 0 Å². The summed E-state index contributed by atoms with van der Waals surface area (Å²) in [7, 11) is 0. The van der Waals surface area contributed by atoms with Crippen molar-refractivity contribution in [3.63, 3.8) is 0 Å². The molecule has 0 aliphatic heterocycles. The summed E-state index contributed by atoms with van der Waals surface area (Å²) in [6.45, 7) is 2.90. The van der Waals surface area contributed by atoms with Crippen LogP contribution in [0.15, 0.2) is 18.2 Å². The number of halogens is 1. The lowest BCUT2D eigenvalue weighted by atomic mass is 10.1. The molecule has 0 aromatic heterocycles. The van der Waals surface area contributed by atoms with Crippen molar-refractivity contribution in [3.05, 3.63) is 29.3 Å². The fourth-order valence-corrected chi connectivity index (χ4v) is 1.58. The van der Waals surface area contributed by atoms with Gasteiger partial charge in [-0.25, -0.2) is 0 Å². The minimum absolute atomic E-state index is 0.374. The van der Waals surface area contributed by atoms with Gasteiger partial charge in [-0.15, -0.1) is 11.6 Å². The monoisotopic (exact) mass is 234 g/mol. The zero-order chi connectivity index (χ0) is 11.4. The topological polar surface area (TPSA) is 9.23 Å². The third-order valence-electron chi connectivity index (χ3n) is 2.65. The molecule has 0 bridgehead atoms. The average molecular weight is 235 g/mol. The molecule has 0 amide bonds. The van der Waals surface area contributed by atoms with Gasteiger partial charge in [0.15, 0.2) is 0 Å². The van der Waals surface area contributed by atoms with Crippen molar-refractivity contribution in [3.8, 4) is 17.6 Å². The Morgan fingerprint density at radius 3 is 2.88 bits per heavy atom. The molecular formula is C14H15ClO. The second kappa shape index (κ2) is 5.27. The SMILES string of the molecule is Cc1cc(C#CCCl)ccc1OCC1CC1. The molecule has 1 aliphatic carbocycles. The lowest BCUT2D eigenvalue weighted by Gasteiger charge is -2.08. The molecule has 1 aromatic carbocycles. The van der Waals surface area contributed by atoms with Gasteiger partial charge in [0.05, 0.1) is 12.5 Å². The van der Waals surface area contributed by atoms with E-state index >= 15 is 0 Å². The summed E-state index contributed by atoms with van der Waals surface area (Å²) >= 11 is 5.52. The van der Waals surface area contributed by atoms with E-state index in [0.29, 0.717) is 5.88 Å². The van der Waals surface area contributed by atoms with Crippen LogP contribution in [0.2, 0.25) is 0 Å². The van der Waals surface area contributed by atoms with Gasteiger partial charge >= 0.3 is 0 Å². The predicted octanol–water partition coefficient (Wildman–Crippen LogP) is 3.37. The van der Waals surface area contributed by atoms with E-state index in [2.05, 4.69) is 11.8 Å². The number of hydrogen-bond acceptors (Lipinski definition) is 1. The molecule has 1 aliphatic rings. The minimum Gasteiger partial charge on any atom is -0.493 e. The second-order valence-electron chi connectivity index (χ2n) is 4.17. The lowest BCUT2D eigenvalue weighted by Crippen LogP contribution is -2.00. The summed E-state index contributed by atoms with van der Waals surface area (Å²) in [6.07, 6.45) is 2.64. The summed E-state index contributed by atoms with van der Waals surface area (Å²) in [5.41, 5.74) is 2.14. The molecule has 0 unspecified atom stereocenters. The van der Waals surface area contributed by atoms with Crippen LogP contribution in [0, 0.1) is 24.7 Å². The lowest BCUT2D eigenvalue weighted by molar-refractivity contribution is 0.298. The molecule has 16 heavy (non-hydrogen) atoms. The molecule has 1 fully saturated rings. The molecule has 0 atom stereocenters. The van der Waals surface area contributed by atoms with Crippen LogP contribution in [0.5, 0.6) is 5.75 Å². The van der Waals surface area contributed by atoms with Crippen LogP contribution in [-0.4, -0.2) is 12.5 Å². The Labute approximate surface area is 102 Å². The van der Waals surface area contributed by atoms with Gasteiger partial charge in [-0.1, -0.05) is 11.8 Å². The largest absolute Gasteiger partial charge is 0.493 e. The number of rotatable bonds is 3. The van der Waals surface area contributed by atoms with Crippen LogP contribution in [0.1, 0.15) is 24.0 Å². The third kappa shape index (κ3) is 3.18. The Kier molecular flexibility index (Phi) is 3.74. The molecule has 0 radical (unpaired) electrons. The molecule has 0 spiro atoms. The van der Waals surface area contributed by atoms with Gasteiger partial charge in [0.2, 0.25) is 0 Å². The van der Waals surface area contributed by atoms with Gasteiger partial charge < -0.3 is 4.74 Å². The van der Waals surface area contributed by atoms with Gasteiger partial charge in [0, 0.05) is 5.56 Å². The maximum atomic E-state index is 5.75. The van der Waals surface area contributed by atoms with Crippen molar-refractivity contribution < 1.29 is 4.74 Å². The predicted molar refractivity (Wildman–Crippen MR) is 67.0 cm³/mol. The van der Waals surface area contributed by atoms with Crippen LogP contribution in [0.4, 0.5) is 0 Å². The highest BCUT2D eigenvalue weighted by Crippen LogP contribution is 2.30. The maximum absolute atomic E-state index is 5.75. The number of alkyl halides is 1. The van der Waals surface area contributed by atoms with Crippen LogP contribution < -0.4 is 4.74 Å². The van der Waals surface area contributed by atoms with E-state index in [4.69, 9.17) is 16.3 Å². The van der Waals surface area contributed by atoms with E-state index in [1.54, 1.807) is 0 Å². The Hall–Kier alpha value is -1.13. The molecule has 1 saturated carbocycles. The first-order valence-electron chi connectivity index (χ1n) is 5.58. The molecule has 0 heterocycles. The first-order chi connectivity index (χ1) is 7.79. The molecule has 0 saturated heterocycles. The zero-order valence-electron chi connectivity index (χ0n) is 9.42. The van der Waals surface area contributed by atoms with Crippen LogP contribution in [0.3, 0.4) is 0 Å². The van der Waals surface area contributed by atoms with Crippen molar-refractivity contribution in [2.75, 3.05) is 12.5 Å². The van der Waals surface area contributed by atoms with Crippen molar-refractivity contribution in [1.29, 1.82) is 0 Å². The molecule has 1 nitrogen and oxygen atoms in total. The fraction of sp³-hybridized carbons (Fsp3) is 0.429. The number of hydrogen-bond donors (Lipinski definition) is 0. The summed E-state index contributed by atoms with van der Waals surface area (Å²) in [5, 5.41) is 0. The average Bonchev–Trinajstić information content (AvgIpc) is 3.09. The first kappa shape index (κ1) is 11.4. The van der Waals surface area contributed by atoms with Crippen molar-refractivity contribution in [2.24, 2.45) is 5.92 Å². The normalized spacial score (nSPS) is 14.1.